The molecule has 0 aromatic heterocycles. The molecule has 3 aromatic carbocycles. The topological polar surface area (TPSA) is 111 Å². The fourth-order valence-electron chi connectivity index (χ4n) is 3.06. The van der Waals surface area contributed by atoms with Crippen LogP contribution in [0.2, 0.25) is 5.02 Å². The van der Waals surface area contributed by atoms with Gasteiger partial charge in [0.15, 0.2) is 0 Å². The average Bonchev–Trinajstić information content (AvgIpc) is 2.84. The van der Waals surface area contributed by atoms with E-state index in [1.54, 1.807) is 67.6 Å². The fourth-order valence-corrected chi connectivity index (χ4v) is 4.72. The minimum absolute atomic E-state index is 0.0236. The lowest BCUT2D eigenvalue weighted by Crippen LogP contribution is -2.47. The van der Waals surface area contributed by atoms with E-state index in [2.05, 4.69) is 32.6 Å². The van der Waals surface area contributed by atoms with Crippen molar-refractivity contribution in [2.45, 2.75) is 24.3 Å². The highest BCUT2D eigenvalue weighted by Gasteiger charge is 2.27. The zero-order valence-corrected chi connectivity index (χ0v) is 23.0. The molecule has 0 spiro atoms. The Labute approximate surface area is 228 Å². The third kappa shape index (κ3) is 8.47. The van der Waals surface area contributed by atoms with Crippen LogP contribution in [0.15, 0.2) is 77.7 Å². The lowest BCUT2D eigenvalue weighted by molar-refractivity contribution is -0.142. The first-order valence-corrected chi connectivity index (χ1v) is 13.8. The minimum Gasteiger partial charge on any atom is -0.491 e. The van der Waals surface area contributed by atoms with E-state index in [0.717, 1.165) is 3.57 Å². The minimum atomic E-state index is -4.02. The van der Waals surface area contributed by atoms with Crippen LogP contribution in [0, 0.1) is 3.57 Å². The molecule has 190 valence electrons. The number of nitrogens with one attached hydrogen (secondary N) is 2. The van der Waals surface area contributed by atoms with Gasteiger partial charge in [-0.05, 0) is 95.7 Å². The highest BCUT2D eigenvalue weighted by Crippen LogP contribution is 2.18. The van der Waals surface area contributed by atoms with Crippen LogP contribution in [0.3, 0.4) is 0 Å². The van der Waals surface area contributed by atoms with E-state index in [1.807, 2.05) is 0 Å². The maximum atomic E-state index is 13.1. The standard InChI is InChI=1S/C25H24ClIN2O6S/c1-2-34-24(30)15-17-3-9-20(10-4-17)28-25(31)23(16-35-21-11-5-18(26)6-12-21)29-36(32,33)22-13-7-19(27)8-14-22/h3-14,23,29H,2,15-16H2,1H3,(H,28,31)/t23-/m0/s1. The van der Waals surface area contributed by atoms with Crippen molar-refractivity contribution in [3.63, 3.8) is 0 Å². The van der Waals surface area contributed by atoms with Gasteiger partial charge >= 0.3 is 5.97 Å². The molecular weight excluding hydrogens is 619 g/mol. The van der Waals surface area contributed by atoms with Crippen molar-refractivity contribution >= 4 is 61.8 Å². The van der Waals surface area contributed by atoms with Crippen molar-refractivity contribution < 1.29 is 27.5 Å². The summed E-state index contributed by atoms with van der Waals surface area (Å²) in [6, 6.07) is 18.1. The third-order valence-corrected chi connectivity index (χ3v) is 7.30. The summed E-state index contributed by atoms with van der Waals surface area (Å²) in [5.74, 6) is -0.538. The quantitative estimate of drug-likeness (QED) is 0.237. The van der Waals surface area contributed by atoms with E-state index in [0.29, 0.717) is 28.6 Å². The number of anilines is 1. The van der Waals surface area contributed by atoms with Crippen LogP contribution in [0.1, 0.15) is 12.5 Å². The molecule has 0 fully saturated rings. The molecule has 36 heavy (non-hydrogen) atoms. The normalized spacial score (nSPS) is 12.0. The number of carbonyl (C=O) groups excluding carboxylic acids is 2. The lowest BCUT2D eigenvalue weighted by atomic mass is 10.1. The zero-order valence-electron chi connectivity index (χ0n) is 19.2. The predicted octanol–water partition coefficient (Wildman–Crippen LogP) is 4.41. The van der Waals surface area contributed by atoms with Crippen LogP contribution in [-0.2, 0) is 30.8 Å². The summed E-state index contributed by atoms with van der Waals surface area (Å²) in [5, 5.41) is 3.21. The Balaban J connectivity index is 1.74. The number of amides is 1. The maximum absolute atomic E-state index is 13.1. The van der Waals surface area contributed by atoms with E-state index in [-0.39, 0.29) is 23.9 Å². The van der Waals surface area contributed by atoms with Crippen LogP contribution >= 0.6 is 34.2 Å². The Morgan fingerprint density at radius 2 is 1.61 bits per heavy atom. The summed E-state index contributed by atoms with van der Waals surface area (Å²) in [4.78, 5) is 24.8. The molecule has 3 rings (SSSR count). The van der Waals surface area contributed by atoms with Crippen LogP contribution in [0.5, 0.6) is 5.75 Å². The Bertz CT molecular complexity index is 1280. The first kappa shape index (κ1) is 27.9. The van der Waals surface area contributed by atoms with Gasteiger partial charge in [0.05, 0.1) is 17.9 Å². The van der Waals surface area contributed by atoms with Crippen LogP contribution in [0.25, 0.3) is 0 Å². The Morgan fingerprint density at radius 3 is 2.22 bits per heavy atom. The second-order valence-electron chi connectivity index (χ2n) is 7.56. The number of carbonyl (C=O) groups is 2. The predicted molar refractivity (Wildman–Crippen MR) is 146 cm³/mol. The SMILES string of the molecule is CCOC(=O)Cc1ccc(NC(=O)[C@H](COc2ccc(Cl)cc2)NS(=O)(=O)c2ccc(I)cc2)cc1. The largest absolute Gasteiger partial charge is 0.491 e. The van der Waals surface area contributed by atoms with Gasteiger partial charge in [0.25, 0.3) is 0 Å². The first-order chi connectivity index (χ1) is 17.2. The van der Waals surface area contributed by atoms with Gasteiger partial charge in [-0.1, -0.05) is 23.7 Å². The lowest BCUT2D eigenvalue weighted by Gasteiger charge is -2.19. The Hall–Kier alpha value is -2.67. The molecule has 0 aliphatic carbocycles. The van der Waals surface area contributed by atoms with E-state index >= 15 is 0 Å². The first-order valence-electron chi connectivity index (χ1n) is 10.9. The molecule has 0 unspecified atom stereocenters. The zero-order chi connectivity index (χ0) is 26.1. The molecule has 0 aliphatic rings. The van der Waals surface area contributed by atoms with Crippen molar-refractivity contribution in [2.75, 3.05) is 18.5 Å². The Kier molecular flexibility index (Phi) is 10.1. The molecule has 0 radical (unpaired) electrons. The summed E-state index contributed by atoms with van der Waals surface area (Å²) in [6.07, 6.45) is 0.107. The molecule has 0 aliphatic heterocycles. The molecule has 3 aromatic rings. The number of hydrogen-bond acceptors (Lipinski definition) is 6. The van der Waals surface area contributed by atoms with Crippen molar-refractivity contribution in [2.24, 2.45) is 0 Å². The summed E-state index contributed by atoms with van der Waals surface area (Å²) >= 11 is 7.97. The number of halogens is 2. The number of ether oxygens (including phenoxy) is 2. The van der Waals surface area contributed by atoms with Gasteiger partial charge in [0.1, 0.15) is 18.4 Å². The summed E-state index contributed by atoms with van der Waals surface area (Å²) < 4.78 is 39.8. The molecule has 0 saturated carbocycles. The molecule has 1 atom stereocenters. The Morgan fingerprint density at radius 1 is 0.972 bits per heavy atom. The average molecular weight is 643 g/mol. The number of hydrogen-bond donors (Lipinski definition) is 2. The van der Waals surface area contributed by atoms with Crippen molar-refractivity contribution in [1.29, 1.82) is 0 Å². The van der Waals surface area contributed by atoms with Crippen molar-refractivity contribution in [1.82, 2.24) is 4.72 Å². The van der Waals surface area contributed by atoms with Crippen molar-refractivity contribution in [3.05, 3.63) is 87.0 Å². The van der Waals surface area contributed by atoms with Gasteiger partial charge in [-0.3, -0.25) is 9.59 Å². The molecule has 0 saturated heterocycles. The molecule has 0 bridgehead atoms. The molecule has 8 nitrogen and oxygen atoms in total. The maximum Gasteiger partial charge on any atom is 0.310 e. The van der Waals surface area contributed by atoms with Gasteiger partial charge < -0.3 is 14.8 Å². The molecule has 0 heterocycles. The number of sulfonamides is 1. The summed E-state index contributed by atoms with van der Waals surface area (Å²) in [5.41, 5.74) is 1.14. The summed E-state index contributed by atoms with van der Waals surface area (Å²) in [7, 11) is -4.02. The van der Waals surface area contributed by atoms with Gasteiger partial charge in [-0.25, -0.2) is 8.42 Å². The smallest absolute Gasteiger partial charge is 0.310 e. The highest BCUT2D eigenvalue weighted by molar-refractivity contribution is 14.1. The van der Waals surface area contributed by atoms with Gasteiger partial charge in [0.2, 0.25) is 15.9 Å². The van der Waals surface area contributed by atoms with Crippen molar-refractivity contribution in [3.8, 4) is 5.75 Å². The van der Waals surface area contributed by atoms with Gasteiger partial charge in [-0.2, -0.15) is 4.72 Å². The van der Waals surface area contributed by atoms with Crippen LogP contribution < -0.4 is 14.8 Å². The second-order valence-corrected chi connectivity index (χ2v) is 11.0. The van der Waals surface area contributed by atoms with Gasteiger partial charge in [0, 0.05) is 14.3 Å². The number of rotatable bonds is 11. The second kappa shape index (κ2) is 13.0. The van der Waals surface area contributed by atoms with Crippen LogP contribution in [0.4, 0.5) is 5.69 Å². The van der Waals surface area contributed by atoms with E-state index in [4.69, 9.17) is 21.1 Å². The van der Waals surface area contributed by atoms with E-state index < -0.39 is 22.0 Å². The molecule has 1 amide bonds. The summed E-state index contributed by atoms with van der Waals surface area (Å²) in [6.45, 7) is 1.76. The number of benzene rings is 3. The molecule has 11 heteroatoms. The fraction of sp³-hybridized carbons (Fsp3) is 0.200. The van der Waals surface area contributed by atoms with E-state index in [9.17, 15) is 18.0 Å². The highest BCUT2D eigenvalue weighted by atomic mass is 127. The van der Waals surface area contributed by atoms with Gasteiger partial charge in [-0.15, -0.1) is 0 Å². The van der Waals surface area contributed by atoms with Crippen LogP contribution in [-0.4, -0.2) is 39.5 Å². The molecular formula is C25H24ClIN2O6S. The monoisotopic (exact) mass is 642 g/mol. The third-order valence-electron chi connectivity index (χ3n) is 4.84. The number of esters is 1. The molecule has 2 N–H and O–H groups in total. The van der Waals surface area contributed by atoms with E-state index in [1.165, 1.54) is 12.1 Å².